The van der Waals surface area contributed by atoms with Gasteiger partial charge in [-0.1, -0.05) is 6.07 Å². The monoisotopic (exact) mass is 246 g/mol. The number of carbonyl (C=O) groups excluding carboxylic acids is 1. The Hall–Kier alpha value is -2.22. The van der Waals surface area contributed by atoms with Crippen LogP contribution in [-0.2, 0) is 0 Å². The third kappa shape index (κ3) is 2.09. The molecule has 5 nitrogen and oxygen atoms in total. The van der Waals surface area contributed by atoms with Crippen LogP contribution in [-0.4, -0.2) is 37.1 Å². The minimum Gasteiger partial charge on any atom is -0.486 e. The van der Waals surface area contributed by atoms with E-state index in [1.165, 1.54) is 4.90 Å². The van der Waals surface area contributed by atoms with Crippen molar-refractivity contribution in [2.24, 2.45) is 0 Å². The van der Waals surface area contributed by atoms with Crippen molar-refractivity contribution in [1.29, 1.82) is 5.26 Å². The van der Waals surface area contributed by atoms with E-state index in [1.807, 2.05) is 6.07 Å². The maximum absolute atomic E-state index is 12.3. The van der Waals surface area contributed by atoms with Gasteiger partial charge in [-0.2, -0.15) is 5.26 Å². The molecular weight excluding hydrogens is 232 g/mol. The fourth-order valence-corrected chi connectivity index (χ4v) is 1.69. The van der Waals surface area contributed by atoms with E-state index in [9.17, 15) is 4.79 Å². The number of carbonyl (C=O) groups is 1. The van der Waals surface area contributed by atoms with Crippen molar-refractivity contribution in [3.05, 3.63) is 23.8 Å². The second-order valence-corrected chi connectivity index (χ2v) is 4.05. The standard InChI is InChI=1S/C13H14N2O3/c1-9(8-14)15(2)13(16)10-4-3-5-11-12(10)18-7-6-17-11/h3-5,9H,6-7H2,1-2H3. The molecule has 1 aromatic carbocycles. The summed E-state index contributed by atoms with van der Waals surface area (Å²) in [4.78, 5) is 13.6. The highest BCUT2D eigenvalue weighted by Crippen LogP contribution is 2.34. The van der Waals surface area contributed by atoms with Crippen LogP contribution in [0.1, 0.15) is 17.3 Å². The second-order valence-electron chi connectivity index (χ2n) is 4.05. The van der Waals surface area contributed by atoms with E-state index in [4.69, 9.17) is 14.7 Å². The molecule has 18 heavy (non-hydrogen) atoms. The van der Waals surface area contributed by atoms with Gasteiger partial charge in [0.15, 0.2) is 11.5 Å². The first-order chi connectivity index (χ1) is 8.65. The van der Waals surface area contributed by atoms with Gasteiger partial charge in [-0.3, -0.25) is 4.79 Å². The summed E-state index contributed by atoms with van der Waals surface area (Å²) in [6.07, 6.45) is 0. The van der Waals surface area contributed by atoms with Crippen LogP contribution in [0.3, 0.4) is 0 Å². The molecule has 1 heterocycles. The average Bonchev–Trinajstić information content (AvgIpc) is 2.44. The second kappa shape index (κ2) is 4.96. The smallest absolute Gasteiger partial charge is 0.258 e. The van der Waals surface area contributed by atoms with Crippen LogP contribution in [0.15, 0.2) is 18.2 Å². The zero-order valence-corrected chi connectivity index (χ0v) is 10.3. The quantitative estimate of drug-likeness (QED) is 0.792. The Labute approximate surface area is 106 Å². The molecule has 0 aliphatic carbocycles. The van der Waals surface area contributed by atoms with Gasteiger partial charge in [-0.05, 0) is 19.1 Å². The number of para-hydroxylation sites is 1. The number of fused-ring (bicyclic) bond motifs is 1. The van der Waals surface area contributed by atoms with E-state index in [0.29, 0.717) is 30.3 Å². The first-order valence-electron chi connectivity index (χ1n) is 5.70. The largest absolute Gasteiger partial charge is 0.486 e. The van der Waals surface area contributed by atoms with Crippen molar-refractivity contribution in [3.63, 3.8) is 0 Å². The van der Waals surface area contributed by atoms with Gasteiger partial charge < -0.3 is 14.4 Å². The number of nitriles is 1. The number of nitrogens with zero attached hydrogens (tertiary/aromatic N) is 2. The molecule has 94 valence electrons. The molecule has 0 N–H and O–H groups in total. The van der Waals surface area contributed by atoms with Gasteiger partial charge in [0.05, 0.1) is 11.6 Å². The first kappa shape index (κ1) is 12.2. The van der Waals surface area contributed by atoms with Crippen molar-refractivity contribution < 1.29 is 14.3 Å². The van der Waals surface area contributed by atoms with E-state index in [2.05, 4.69) is 0 Å². The number of amides is 1. The van der Waals surface area contributed by atoms with Crippen molar-refractivity contribution in [2.75, 3.05) is 20.3 Å². The van der Waals surface area contributed by atoms with Crippen LogP contribution in [0, 0.1) is 11.3 Å². The number of ether oxygens (including phenoxy) is 2. The van der Waals surface area contributed by atoms with Crippen molar-refractivity contribution in [3.8, 4) is 17.6 Å². The van der Waals surface area contributed by atoms with E-state index >= 15 is 0 Å². The number of rotatable bonds is 2. The third-order valence-electron chi connectivity index (χ3n) is 2.88. The van der Waals surface area contributed by atoms with Crippen molar-refractivity contribution >= 4 is 5.91 Å². The van der Waals surface area contributed by atoms with Crippen molar-refractivity contribution in [1.82, 2.24) is 4.90 Å². The summed E-state index contributed by atoms with van der Waals surface area (Å²) in [5.41, 5.74) is 0.428. The molecule has 0 radical (unpaired) electrons. The van der Waals surface area contributed by atoms with Crippen molar-refractivity contribution in [2.45, 2.75) is 13.0 Å². The van der Waals surface area contributed by atoms with E-state index in [0.717, 1.165) is 0 Å². The van der Waals surface area contributed by atoms with E-state index in [-0.39, 0.29) is 5.91 Å². The van der Waals surface area contributed by atoms with Gasteiger partial charge in [0.2, 0.25) is 0 Å². The minimum absolute atomic E-state index is 0.244. The molecule has 0 aromatic heterocycles. The molecule has 1 aliphatic heterocycles. The average molecular weight is 246 g/mol. The fraction of sp³-hybridized carbons (Fsp3) is 0.385. The molecule has 1 amide bonds. The molecule has 2 rings (SSSR count). The highest BCUT2D eigenvalue weighted by atomic mass is 16.6. The third-order valence-corrected chi connectivity index (χ3v) is 2.88. The molecular formula is C13H14N2O3. The summed E-state index contributed by atoms with van der Waals surface area (Å²) in [5.74, 6) is 0.794. The Kier molecular flexibility index (Phi) is 3.38. The Morgan fingerprint density at radius 2 is 2.17 bits per heavy atom. The summed E-state index contributed by atoms with van der Waals surface area (Å²) >= 11 is 0. The van der Waals surface area contributed by atoms with Crippen LogP contribution < -0.4 is 9.47 Å². The van der Waals surface area contributed by atoms with Crippen LogP contribution in [0.25, 0.3) is 0 Å². The summed E-state index contributed by atoms with van der Waals surface area (Å²) < 4.78 is 10.9. The first-order valence-corrected chi connectivity index (χ1v) is 5.70. The number of benzene rings is 1. The lowest BCUT2D eigenvalue weighted by Crippen LogP contribution is -2.34. The molecule has 5 heteroatoms. The molecule has 0 bridgehead atoms. The Bertz CT molecular complexity index is 507. The summed E-state index contributed by atoms with van der Waals surface area (Å²) in [5, 5.41) is 8.84. The number of hydrogen-bond donors (Lipinski definition) is 0. The van der Waals surface area contributed by atoms with E-state index < -0.39 is 6.04 Å². The van der Waals surface area contributed by atoms with Gasteiger partial charge >= 0.3 is 0 Å². The van der Waals surface area contributed by atoms with Gasteiger partial charge in [0.1, 0.15) is 19.3 Å². The van der Waals surface area contributed by atoms with Gasteiger partial charge in [-0.25, -0.2) is 0 Å². The Balaban J connectivity index is 2.34. The Morgan fingerprint density at radius 1 is 1.44 bits per heavy atom. The normalized spacial score (nSPS) is 14.5. The number of hydrogen-bond acceptors (Lipinski definition) is 4. The predicted octanol–water partition coefficient (Wildman–Crippen LogP) is 1.44. The lowest BCUT2D eigenvalue weighted by molar-refractivity contribution is 0.0762. The van der Waals surface area contributed by atoms with Crippen LogP contribution in [0.4, 0.5) is 0 Å². The zero-order chi connectivity index (χ0) is 13.1. The molecule has 0 saturated heterocycles. The molecule has 1 atom stereocenters. The van der Waals surface area contributed by atoms with Crippen LogP contribution in [0.2, 0.25) is 0 Å². The maximum Gasteiger partial charge on any atom is 0.258 e. The fourth-order valence-electron chi connectivity index (χ4n) is 1.69. The topological polar surface area (TPSA) is 62.6 Å². The van der Waals surface area contributed by atoms with E-state index in [1.54, 1.807) is 32.2 Å². The van der Waals surface area contributed by atoms with Crippen LogP contribution in [0.5, 0.6) is 11.5 Å². The molecule has 0 saturated carbocycles. The molecule has 1 unspecified atom stereocenters. The molecule has 1 aliphatic rings. The van der Waals surface area contributed by atoms with Gasteiger partial charge in [0.25, 0.3) is 5.91 Å². The Morgan fingerprint density at radius 3 is 2.89 bits per heavy atom. The zero-order valence-electron chi connectivity index (χ0n) is 10.3. The van der Waals surface area contributed by atoms with Gasteiger partial charge in [0, 0.05) is 7.05 Å². The highest BCUT2D eigenvalue weighted by molar-refractivity contribution is 5.98. The highest BCUT2D eigenvalue weighted by Gasteiger charge is 2.24. The predicted molar refractivity (Wildman–Crippen MR) is 64.6 cm³/mol. The van der Waals surface area contributed by atoms with Crippen LogP contribution >= 0.6 is 0 Å². The minimum atomic E-state index is -0.488. The lowest BCUT2D eigenvalue weighted by Gasteiger charge is -2.24. The maximum atomic E-state index is 12.3. The molecule has 0 fully saturated rings. The molecule has 1 aromatic rings. The summed E-state index contributed by atoms with van der Waals surface area (Å²) in [7, 11) is 1.60. The SMILES string of the molecule is CC(C#N)N(C)C(=O)c1cccc2c1OCCO2. The summed E-state index contributed by atoms with van der Waals surface area (Å²) in [6, 6.07) is 6.72. The molecule has 0 spiro atoms. The van der Waals surface area contributed by atoms with Gasteiger partial charge in [-0.15, -0.1) is 0 Å². The lowest BCUT2D eigenvalue weighted by atomic mass is 10.1. The summed E-state index contributed by atoms with van der Waals surface area (Å²) in [6.45, 7) is 2.58.